The Balaban J connectivity index is 1.67. The van der Waals surface area contributed by atoms with Crippen LogP contribution in [0.15, 0.2) is 43.0 Å². The highest BCUT2D eigenvalue weighted by Gasteiger charge is 2.60. The van der Waals surface area contributed by atoms with Crippen LogP contribution in [0.1, 0.15) is 29.8 Å². The van der Waals surface area contributed by atoms with Crippen molar-refractivity contribution >= 4 is 23.5 Å². The second-order valence-corrected chi connectivity index (χ2v) is 7.45. The average Bonchev–Trinajstić information content (AvgIpc) is 2.98. The minimum absolute atomic E-state index is 0.0219. The topological polar surface area (TPSA) is 108 Å². The Morgan fingerprint density at radius 2 is 2.15 bits per heavy atom. The van der Waals surface area contributed by atoms with Gasteiger partial charge in [-0.2, -0.15) is 0 Å². The lowest BCUT2D eigenvalue weighted by Crippen LogP contribution is -2.33. The van der Waals surface area contributed by atoms with Crippen LogP contribution in [0.4, 0.5) is 5.82 Å². The van der Waals surface area contributed by atoms with Crippen molar-refractivity contribution in [3.05, 3.63) is 59.8 Å². The fourth-order valence-electron chi connectivity index (χ4n) is 4.41. The number of phenols is 1. The van der Waals surface area contributed by atoms with Gasteiger partial charge in [-0.15, -0.1) is 0 Å². The van der Waals surface area contributed by atoms with E-state index in [2.05, 4.69) is 18.5 Å². The molecule has 6 N–H and O–H groups in total. The van der Waals surface area contributed by atoms with Gasteiger partial charge in [0.25, 0.3) is 0 Å². The summed E-state index contributed by atoms with van der Waals surface area (Å²) < 4.78 is 0. The van der Waals surface area contributed by atoms with Crippen molar-refractivity contribution in [1.82, 2.24) is 9.88 Å². The number of phenolic OH excluding ortho intramolecular Hbond substituents is 1. The summed E-state index contributed by atoms with van der Waals surface area (Å²) in [5.41, 5.74) is 15.0. The molecule has 1 aromatic heterocycles. The Labute approximate surface area is 158 Å². The molecule has 27 heavy (non-hydrogen) atoms. The predicted molar refractivity (Wildman–Crippen MR) is 106 cm³/mol. The van der Waals surface area contributed by atoms with Gasteiger partial charge in [0.15, 0.2) is 0 Å². The number of nitrogen functional groups attached to an aromatic ring is 1. The second kappa shape index (κ2) is 6.23. The van der Waals surface area contributed by atoms with Crippen LogP contribution in [0.25, 0.3) is 11.8 Å². The zero-order chi connectivity index (χ0) is 19.3. The number of aromatic amines is 1. The van der Waals surface area contributed by atoms with E-state index in [4.69, 9.17) is 11.5 Å². The molecule has 2 heterocycles. The maximum Gasteiger partial charge on any atom is 0.246 e. The van der Waals surface area contributed by atoms with Gasteiger partial charge in [-0.05, 0) is 48.1 Å². The van der Waals surface area contributed by atoms with Gasteiger partial charge in [0.1, 0.15) is 11.6 Å². The number of benzene rings is 1. The van der Waals surface area contributed by atoms with Crippen molar-refractivity contribution in [3.63, 3.8) is 0 Å². The van der Waals surface area contributed by atoms with Gasteiger partial charge in [-0.3, -0.25) is 4.79 Å². The molecule has 6 nitrogen and oxygen atoms in total. The smallest absolute Gasteiger partial charge is 0.246 e. The van der Waals surface area contributed by atoms with Gasteiger partial charge in [-0.25, -0.2) is 0 Å². The average molecular weight is 364 g/mol. The van der Waals surface area contributed by atoms with Gasteiger partial charge in [0.05, 0.1) is 6.04 Å². The van der Waals surface area contributed by atoms with Crippen molar-refractivity contribution < 1.29 is 9.90 Å². The van der Waals surface area contributed by atoms with E-state index in [1.807, 2.05) is 17.0 Å². The standard InChI is InChI=1S/C21H24N4O2/c1-3-18(27)25-10-14-11(2)19(14)20(25)16-9-12(21(23)24-16)8-15(22)13-6-4-5-7-17(13)26/h3-9,11,14,19-20,24,26H,1,10,22-23H2,2H3/b15-8-/t11-,14?,19?,20?/m0/s1. The normalized spacial score (nSPS) is 26.7. The van der Waals surface area contributed by atoms with E-state index in [0.29, 0.717) is 34.8 Å². The molecule has 0 spiro atoms. The molecule has 2 fully saturated rings. The molecule has 1 amide bonds. The largest absolute Gasteiger partial charge is 0.507 e. The van der Waals surface area contributed by atoms with Crippen LogP contribution >= 0.6 is 0 Å². The first kappa shape index (κ1) is 17.3. The van der Waals surface area contributed by atoms with E-state index < -0.39 is 0 Å². The quantitative estimate of drug-likeness (QED) is 0.626. The highest BCUT2D eigenvalue weighted by Crippen LogP contribution is 2.60. The van der Waals surface area contributed by atoms with Gasteiger partial charge >= 0.3 is 0 Å². The lowest BCUT2D eigenvalue weighted by atomic mass is 10.1. The van der Waals surface area contributed by atoms with Crippen molar-refractivity contribution in [2.45, 2.75) is 13.0 Å². The molecule has 0 radical (unpaired) electrons. The number of fused-ring (bicyclic) bond motifs is 1. The van der Waals surface area contributed by atoms with Crippen molar-refractivity contribution in [2.24, 2.45) is 23.5 Å². The van der Waals surface area contributed by atoms with Crippen LogP contribution in [0.5, 0.6) is 5.75 Å². The van der Waals surface area contributed by atoms with E-state index in [0.717, 1.165) is 17.8 Å². The summed E-state index contributed by atoms with van der Waals surface area (Å²) >= 11 is 0. The summed E-state index contributed by atoms with van der Waals surface area (Å²) in [5, 5.41) is 9.98. The molecule has 4 rings (SSSR count). The number of nitrogens with one attached hydrogen (secondary N) is 1. The molecule has 1 aliphatic carbocycles. The maximum atomic E-state index is 12.3. The monoisotopic (exact) mass is 364 g/mol. The summed E-state index contributed by atoms with van der Waals surface area (Å²) in [6.07, 6.45) is 3.11. The van der Waals surface area contributed by atoms with Crippen LogP contribution in [0.2, 0.25) is 0 Å². The Kier molecular flexibility index (Phi) is 3.98. The Bertz CT molecular complexity index is 945. The molecule has 1 aliphatic heterocycles. The number of aromatic hydroxyl groups is 1. The van der Waals surface area contributed by atoms with Crippen LogP contribution in [-0.4, -0.2) is 27.4 Å². The third-order valence-corrected chi connectivity index (χ3v) is 5.95. The van der Waals surface area contributed by atoms with E-state index in [1.54, 1.807) is 24.3 Å². The first-order valence-corrected chi connectivity index (χ1v) is 9.09. The minimum atomic E-state index is -0.0571. The molecular formula is C21H24N4O2. The number of piperidine rings is 1. The third kappa shape index (κ3) is 2.77. The number of H-pyrrole nitrogens is 1. The number of carbonyl (C=O) groups excluding carboxylic acids is 1. The zero-order valence-corrected chi connectivity index (χ0v) is 15.2. The molecule has 6 heteroatoms. The molecular weight excluding hydrogens is 340 g/mol. The lowest BCUT2D eigenvalue weighted by molar-refractivity contribution is -0.127. The third-order valence-electron chi connectivity index (χ3n) is 5.95. The number of anilines is 1. The fourth-order valence-corrected chi connectivity index (χ4v) is 4.41. The van der Waals surface area contributed by atoms with Gasteiger partial charge in [-0.1, -0.05) is 25.6 Å². The number of nitrogens with zero attached hydrogens (tertiary/aromatic N) is 1. The molecule has 4 atom stereocenters. The summed E-state index contributed by atoms with van der Waals surface area (Å²) in [7, 11) is 0. The summed E-state index contributed by atoms with van der Waals surface area (Å²) in [5.74, 6) is 2.13. The second-order valence-electron chi connectivity index (χ2n) is 7.45. The van der Waals surface area contributed by atoms with Crippen LogP contribution in [0, 0.1) is 17.8 Å². The van der Waals surface area contributed by atoms with E-state index in [-0.39, 0.29) is 17.7 Å². The highest BCUT2D eigenvalue weighted by molar-refractivity contribution is 5.88. The van der Waals surface area contributed by atoms with Crippen LogP contribution in [0.3, 0.4) is 0 Å². The summed E-state index contributed by atoms with van der Waals surface area (Å²) in [6, 6.07) is 8.83. The number of aromatic nitrogens is 1. The number of para-hydroxylation sites is 1. The Hall–Kier alpha value is -3.15. The van der Waals surface area contributed by atoms with Crippen LogP contribution in [-0.2, 0) is 4.79 Å². The van der Waals surface area contributed by atoms with E-state index in [1.165, 1.54) is 6.08 Å². The van der Waals surface area contributed by atoms with E-state index in [9.17, 15) is 9.90 Å². The maximum absolute atomic E-state index is 12.3. The van der Waals surface area contributed by atoms with Crippen molar-refractivity contribution in [1.29, 1.82) is 0 Å². The zero-order valence-electron chi connectivity index (χ0n) is 15.2. The number of nitrogens with two attached hydrogens (primary N) is 2. The van der Waals surface area contributed by atoms with Gasteiger partial charge in [0, 0.05) is 29.1 Å². The molecule has 2 aromatic rings. The minimum Gasteiger partial charge on any atom is -0.507 e. The fraction of sp³-hybridized carbons (Fsp3) is 0.286. The van der Waals surface area contributed by atoms with Crippen molar-refractivity contribution in [3.8, 4) is 5.75 Å². The SMILES string of the molecule is C=CC(=O)N1CC2C(C1c1cc(/C=C(\N)c3ccccc3O)c(N)[nH]1)[C@H]2C. The number of rotatable bonds is 4. The van der Waals surface area contributed by atoms with Crippen molar-refractivity contribution in [2.75, 3.05) is 12.3 Å². The Morgan fingerprint density at radius 1 is 1.41 bits per heavy atom. The Morgan fingerprint density at radius 3 is 2.85 bits per heavy atom. The summed E-state index contributed by atoms with van der Waals surface area (Å²) in [6.45, 7) is 6.60. The molecule has 1 saturated carbocycles. The van der Waals surface area contributed by atoms with Gasteiger partial charge in [0.2, 0.25) is 5.91 Å². The molecule has 1 aromatic carbocycles. The first-order chi connectivity index (χ1) is 12.9. The molecule has 0 bridgehead atoms. The molecule has 1 saturated heterocycles. The number of hydrogen-bond donors (Lipinski definition) is 4. The molecule has 2 aliphatic rings. The van der Waals surface area contributed by atoms with E-state index >= 15 is 0 Å². The first-order valence-electron chi connectivity index (χ1n) is 9.09. The summed E-state index contributed by atoms with van der Waals surface area (Å²) in [4.78, 5) is 17.4. The molecule has 140 valence electrons. The number of likely N-dealkylation sites (tertiary alicyclic amines) is 1. The predicted octanol–water partition coefficient (Wildman–Crippen LogP) is 2.71. The number of hydrogen-bond acceptors (Lipinski definition) is 4. The number of carbonyl (C=O) groups is 1. The number of amides is 1. The lowest BCUT2D eigenvalue weighted by Gasteiger charge is -2.27. The van der Waals surface area contributed by atoms with Gasteiger partial charge < -0.3 is 26.5 Å². The highest BCUT2D eigenvalue weighted by atomic mass is 16.3. The van der Waals surface area contributed by atoms with Crippen LogP contribution < -0.4 is 11.5 Å². The molecule has 3 unspecified atom stereocenters.